The Morgan fingerprint density at radius 1 is 1.33 bits per heavy atom. The Morgan fingerprint density at radius 2 is 2.10 bits per heavy atom. The highest BCUT2D eigenvalue weighted by Crippen LogP contribution is 2.07. The van der Waals surface area contributed by atoms with E-state index in [9.17, 15) is 4.79 Å². The zero-order valence-corrected chi connectivity index (χ0v) is 12.6. The summed E-state index contributed by atoms with van der Waals surface area (Å²) in [6.07, 6.45) is 4.73. The first-order valence-corrected chi connectivity index (χ1v) is 7.21. The monoisotopic (exact) mass is 286 g/mol. The molecule has 5 nitrogen and oxygen atoms in total. The van der Waals surface area contributed by atoms with Crippen LogP contribution in [0.3, 0.4) is 0 Å². The van der Waals surface area contributed by atoms with E-state index in [1.54, 1.807) is 12.4 Å². The van der Waals surface area contributed by atoms with Crippen molar-refractivity contribution in [3.63, 3.8) is 0 Å². The molecule has 0 aliphatic carbocycles. The minimum atomic E-state index is -0.143. The van der Waals surface area contributed by atoms with Gasteiger partial charge < -0.3 is 5.32 Å². The van der Waals surface area contributed by atoms with Crippen molar-refractivity contribution in [2.75, 3.05) is 13.1 Å². The fourth-order valence-electron chi connectivity index (χ4n) is 2.11. The van der Waals surface area contributed by atoms with Gasteiger partial charge in [-0.05, 0) is 19.4 Å². The fraction of sp³-hybridized carbons (Fsp3) is 0.375. The molecule has 5 heteroatoms. The summed E-state index contributed by atoms with van der Waals surface area (Å²) in [5.74, 6) is 0. The molecule has 1 heterocycles. The highest BCUT2D eigenvalue weighted by molar-refractivity contribution is 5.76. The molecule has 0 unspecified atom stereocenters. The normalized spacial score (nSPS) is 11.0. The summed E-state index contributed by atoms with van der Waals surface area (Å²) in [6.45, 7) is 6.65. The lowest BCUT2D eigenvalue weighted by molar-refractivity contribution is 0.209. The number of benzene rings is 1. The molecule has 0 atom stereocenters. The largest absolute Gasteiger partial charge is 0.336 e. The summed E-state index contributed by atoms with van der Waals surface area (Å²) < 4.78 is 1.44. The van der Waals surface area contributed by atoms with E-state index in [0.717, 1.165) is 13.1 Å². The number of amides is 1. The molecule has 2 rings (SSSR count). The Kier molecular flexibility index (Phi) is 5.51. The van der Waals surface area contributed by atoms with Crippen molar-refractivity contribution in [1.82, 2.24) is 19.8 Å². The van der Waals surface area contributed by atoms with Crippen LogP contribution in [-0.2, 0) is 6.54 Å². The molecule has 1 aromatic carbocycles. The first-order chi connectivity index (χ1) is 10.2. The average Bonchev–Trinajstić information content (AvgIpc) is 3.01. The van der Waals surface area contributed by atoms with Gasteiger partial charge >= 0.3 is 6.03 Å². The summed E-state index contributed by atoms with van der Waals surface area (Å²) in [5.41, 5.74) is 1.28. The summed E-state index contributed by atoms with van der Waals surface area (Å²) in [6, 6.07) is 10.7. The van der Waals surface area contributed by atoms with Crippen molar-refractivity contribution >= 4 is 6.03 Å². The highest BCUT2D eigenvalue weighted by atomic mass is 16.2. The van der Waals surface area contributed by atoms with Crippen molar-refractivity contribution < 1.29 is 4.79 Å². The van der Waals surface area contributed by atoms with Gasteiger partial charge in [0.05, 0.1) is 0 Å². The summed E-state index contributed by atoms with van der Waals surface area (Å²) >= 11 is 0. The predicted octanol–water partition coefficient (Wildman–Crippen LogP) is 2.35. The van der Waals surface area contributed by atoms with Crippen LogP contribution in [0.4, 0.5) is 4.79 Å². The second-order valence-corrected chi connectivity index (χ2v) is 5.25. The predicted molar refractivity (Wildman–Crippen MR) is 83.0 cm³/mol. The van der Waals surface area contributed by atoms with Crippen LogP contribution in [0.2, 0.25) is 0 Å². The Balaban J connectivity index is 1.82. The van der Waals surface area contributed by atoms with Gasteiger partial charge in [-0.1, -0.05) is 30.3 Å². The zero-order chi connectivity index (χ0) is 15.1. The van der Waals surface area contributed by atoms with Crippen LogP contribution in [0.25, 0.3) is 0 Å². The zero-order valence-electron chi connectivity index (χ0n) is 12.6. The van der Waals surface area contributed by atoms with Gasteiger partial charge in [0.1, 0.15) is 6.33 Å². The van der Waals surface area contributed by atoms with Crippen molar-refractivity contribution in [3.8, 4) is 0 Å². The molecule has 112 valence electrons. The quantitative estimate of drug-likeness (QED) is 0.887. The lowest BCUT2D eigenvalue weighted by Crippen LogP contribution is -2.39. The van der Waals surface area contributed by atoms with E-state index in [-0.39, 0.29) is 6.03 Å². The molecular weight excluding hydrogens is 264 g/mol. The maximum Gasteiger partial charge on any atom is 0.326 e. The molecule has 0 aliphatic heterocycles. The van der Waals surface area contributed by atoms with E-state index >= 15 is 0 Å². The van der Waals surface area contributed by atoms with E-state index in [1.807, 2.05) is 6.07 Å². The highest BCUT2D eigenvalue weighted by Gasteiger charge is 2.10. The van der Waals surface area contributed by atoms with Gasteiger partial charge in [0.15, 0.2) is 0 Å². The summed E-state index contributed by atoms with van der Waals surface area (Å²) in [5, 5.41) is 2.90. The van der Waals surface area contributed by atoms with Crippen LogP contribution < -0.4 is 5.32 Å². The maximum absolute atomic E-state index is 11.8. The second kappa shape index (κ2) is 7.59. The minimum Gasteiger partial charge on any atom is -0.336 e. The van der Waals surface area contributed by atoms with Gasteiger partial charge in [-0.2, -0.15) is 0 Å². The van der Waals surface area contributed by atoms with Crippen LogP contribution in [0.5, 0.6) is 0 Å². The minimum absolute atomic E-state index is 0.143. The number of nitrogens with zero attached hydrogens (tertiary/aromatic N) is 3. The van der Waals surface area contributed by atoms with Crippen molar-refractivity contribution in [2.45, 2.75) is 26.4 Å². The fourth-order valence-corrected chi connectivity index (χ4v) is 2.11. The number of hydrogen-bond donors (Lipinski definition) is 1. The molecule has 1 amide bonds. The van der Waals surface area contributed by atoms with E-state index < -0.39 is 0 Å². The van der Waals surface area contributed by atoms with E-state index in [2.05, 4.69) is 53.3 Å². The Bertz CT molecular complexity index is 537. The van der Waals surface area contributed by atoms with Crippen molar-refractivity contribution in [3.05, 3.63) is 54.6 Å². The van der Waals surface area contributed by atoms with Crippen LogP contribution in [0, 0.1) is 0 Å². The van der Waals surface area contributed by atoms with Gasteiger partial charge in [0.25, 0.3) is 0 Å². The SMILES string of the molecule is CC(C)N(CCNC(=O)n1ccnc1)Cc1ccccc1. The number of carbonyl (C=O) groups is 1. The van der Waals surface area contributed by atoms with Gasteiger partial charge in [0.2, 0.25) is 0 Å². The van der Waals surface area contributed by atoms with E-state index in [1.165, 1.54) is 16.5 Å². The molecule has 21 heavy (non-hydrogen) atoms. The lowest BCUT2D eigenvalue weighted by Gasteiger charge is -2.26. The molecule has 2 aromatic rings. The lowest BCUT2D eigenvalue weighted by atomic mass is 10.2. The molecule has 0 saturated heterocycles. The molecular formula is C16H22N4O. The smallest absolute Gasteiger partial charge is 0.326 e. The van der Waals surface area contributed by atoms with Crippen LogP contribution in [0.1, 0.15) is 19.4 Å². The molecule has 1 N–H and O–H groups in total. The first kappa shape index (κ1) is 15.3. The average molecular weight is 286 g/mol. The Morgan fingerprint density at radius 3 is 2.71 bits per heavy atom. The van der Waals surface area contributed by atoms with Gasteiger partial charge in [-0.25, -0.2) is 9.78 Å². The Labute approximate surface area is 125 Å². The van der Waals surface area contributed by atoms with Crippen molar-refractivity contribution in [2.24, 2.45) is 0 Å². The van der Waals surface area contributed by atoms with Gasteiger partial charge in [-0.15, -0.1) is 0 Å². The van der Waals surface area contributed by atoms with Gasteiger partial charge in [-0.3, -0.25) is 9.47 Å². The van der Waals surface area contributed by atoms with E-state index in [4.69, 9.17) is 0 Å². The molecule has 0 radical (unpaired) electrons. The molecule has 0 aliphatic rings. The van der Waals surface area contributed by atoms with Gasteiger partial charge in [0, 0.05) is 38.1 Å². The third kappa shape index (κ3) is 4.72. The molecule has 0 bridgehead atoms. The summed E-state index contributed by atoms with van der Waals surface area (Å²) in [7, 11) is 0. The topological polar surface area (TPSA) is 50.2 Å². The first-order valence-electron chi connectivity index (χ1n) is 7.21. The van der Waals surface area contributed by atoms with E-state index in [0.29, 0.717) is 12.6 Å². The molecule has 0 fully saturated rings. The number of nitrogens with one attached hydrogen (secondary N) is 1. The van der Waals surface area contributed by atoms with Crippen LogP contribution >= 0.6 is 0 Å². The summed E-state index contributed by atoms with van der Waals surface area (Å²) in [4.78, 5) is 18.0. The number of rotatable bonds is 6. The van der Waals surface area contributed by atoms with Crippen molar-refractivity contribution in [1.29, 1.82) is 0 Å². The van der Waals surface area contributed by atoms with Crippen LogP contribution in [0.15, 0.2) is 49.1 Å². The third-order valence-corrected chi connectivity index (χ3v) is 3.37. The number of aromatic nitrogens is 2. The standard InChI is InChI=1S/C16H22N4O/c1-14(2)19(12-15-6-4-3-5-7-15)11-9-18-16(21)20-10-8-17-13-20/h3-8,10,13-14H,9,11-12H2,1-2H3,(H,18,21). The number of imidazole rings is 1. The maximum atomic E-state index is 11.8. The number of hydrogen-bond acceptors (Lipinski definition) is 3. The molecule has 0 saturated carbocycles. The molecule has 1 aromatic heterocycles. The third-order valence-electron chi connectivity index (χ3n) is 3.37. The Hall–Kier alpha value is -2.14. The second-order valence-electron chi connectivity index (χ2n) is 5.25. The number of carbonyl (C=O) groups excluding carboxylic acids is 1. The van der Waals surface area contributed by atoms with Crippen LogP contribution in [-0.4, -0.2) is 39.6 Å². The molecule has 0 spiro atoms.